The van der Waals surface area contributed by atoms with Crippen LogP contribution in [0.1, 0.15) is 0 Å². The topological polar surface area (TPSA) is 39.7 Å². The van der Waals surface area contributed by atoms with Crippen LogP contribution in [0.15, 0.2) is 28.7 Å². The molecule has 0 radical (unpaired) electrons. The smallest absolute Gasteiger partial charge is 0.148 e. The summed E-state index contributed by atoms with van der Waals surface area (Å²) in [6.45, 7) is 3.75. The van der Waals surface area contributed by atoms with E-state index in [-0.39, 0.29) is 0 Å². The number of aliphatic imine (C=N–C) groups is 1. The first kappa shape index (κ1) is 7.15. The summed E-state index contributed by atoms with van der Waals surface area (Å²) in [7, 11) is 0. The summed E-state index contributed by atoms with van der Waals surface area (Å²) in [5, 5.41) is 6.54. The van der Waals surface area contributed by atoms with Gasteiger partial charge in [0.2, 0.25) is 0 Å². The lowest BCUT2D eigenvalue weighted by atomic mass is 10.1. The van der Waals surface area contributed by atoms with E-state index in [1.165, 1.54) is 11.4 Å². The molecule has 0 unspecified atom stereocenters. The first-order chi connectivity index (χ1) is 6.43. The number of hydrogen-bond acceptors (Lipinski definition) is 4. The molecular weight excluding hydrogens is 164 g/mol. The summed E-state index contributed by atoms with van der Waals surface area (Å²) in [6.07, 6.45) is 4.28. The number of nitrogens with zero attached hydrogens (tertiary/aromatic N) is 2. The highest BCUT2D eigenvalue weighted by molar-refractivity contribution is 5.98. The van der Waals surface area contributed by atoms with Gasteiger partial charge in [-0.25, -0.2) is 4.99 Å². The minimum atomic E-state index is 0.827. The Balaban J connectivity index is 2.05. The van der Waals surface area contributed by atoms with E-state index in [0.29, 0.717) is 0 Å². The van der Waals surface area contributed by atoms with Crippen molar-refractivity contribution < 1.29 is 0 Å². The predicted octanol–water partition coefficient (Wildman–Crippen LogP) is -0.368. The number of hydrogen-bond donors (Lipinski definition) is 2. The lowest BCUT2D eigenvalue weighted by Crippen LogP contribution is -2.47. The third kappa shape index (κ3) is 1.06. The minimum Gasteiger partial charge on any atom is -0.361 e. The Kier molecular flexibility index (Phi) is 1.43. The molecule has 0 aliphatic carbocycles. The molecule has 68 valence electrons. The molecule has 2 bridgehead atoms. The van der Waals surface area contributed by atoms with Crippen molar-refractivity contribution in [2.24, 2.45) is 4.99 Å². The molecule has 0 saturated carbocycles. The molecule has 0 atom stereocenters. The van der Waals surface area contributed by atoms with Gasteiger partial charge < -0.3 is 10.2 Å². The summed E-state index contributed by atoms with van der Waals surface area (Å²) in [5.74, 6) is 1.06. The molecule has 0 amide bonds. The van der Waals surface area contributed by atoms with Gasteiger partial charge >= 0.3 is 0 Å². The molecule has 4 nitrogen and oxygen atoms in total. The zero-order chi connectivity index (χ0) is 8.67. The summed E-state index contributed by atoms with van der Waals surface area (Å²) >= 11 is 0. The van der Waals surface area contributed by atoms with Gasteiger partial charge in [0.1, 0.15) is 5.82 Å². The normalized spacial score (nSPS) is 25.2. The monoisotopic (exact) mass is 176 g/mol. The maximum atomic E-state index is 4.54. The van der Waals surface area contributed by atoms with Crippen LogP contribution >= 0.6 is 0 Å². The van der Waals surface area contributed by atoms with Gasteiger partial charge in [-0.2, -0.15) is 0 Å². The lowest BCUT2D eigenvalue weighted by Gasteiger charge is -2.36. The Morgan fingerprint density at radius 2 is 2.46 bits per heavy atom. The van der Waals surface area contributed by atoms with Gasteiger partial charge in [-0.15, -0.1) is 0 Å². The number of rotatable bonds is 0. The van der Waals surface area contributed by atoms with E-state index < -0.39 is 0 Å². The fourth-order valence-electron chi connectivity index (χ4n) is 1.93. The van der Waals surface area contributed by atoms with Crippen LogP contribution in [-0.2, 0) is 0 Å². The van der Waals surface area contributed by atoms with Crippen molar-refractivity contribution in [2.45, 2.75) is 0 Å². The summed E-state index contributed by atoms with van der Waals surface area (Å²) in [4.78, 5) is 6.90. The highest BCUT2D eigenvalue weighted by Crippen LogP contribution is 2.19. The molecule has 0 saturated heterocycles. The molecule has 13 heavy (non-hydrogen) atoms. The largest absolute Gasteiger partial charge is 0.361 e. The molecule has 0 fully saturated rings. The summed E-state index contributed by atoms with van der Waals surface area (Å²) in [6, 6.07) is 0. The molecule has 3 aliphatic rings. The van der Waals surface area contributed by atoms with Crippen molar-refractivity contribution in [1.29, 1.82) is 0 Å². The van der Waals surface area contributed by atoms with Crippen LogP contribution in [0.2, 0.25) is 0 Å². The van der Waals surface area contributed by atoms with Crippen LogP contribution in [0, 0.1) is 0 Å². The van der Waals surface area contributed by atoms with Gasteiger partial charge in [0.05, 0.1) is 24.6 Å². The molecule has 3 heterocycles. The summed E-state index contributed by atoms with van der Waals surface area (Å²) < 4.78 is 0. The van der Waals surface area contributed by atoms with Gasteiger partial charge in [0.25, 0.3) is 0 Å². The molecule has 0 spiro atoms. The number of nitrogens with one attached hydrogen (secondary N) is 2. The van der Waals surface area contributed by atoms with Gasteiger partial charge in [0, 0.05) is 13.1 Å². The van der Waals surface area contributed by atoms with Crippen LogP contribution in [0.3, 0.4) is 0 Å². The van der Waals surface area contributed by atoms with E-state index in [0.717, 1.165) is 32.1 Å². The average molecular weight is 176 g/mol. The van der Waals surface area contributed by atoms with E-state index >= 15 is 0 Å². The van der Waals surface area contributed by atoms with Gasteiger partial charge in [-0.1, -0.05) is 6.08 Å². The van der Waals surface area contributed by atoms with Crippen molar-refractivity contribution in [3.8, 4) is 0 Å². The maximum absolute atomic E-state index is 4.54. The Labute approximate surface area is 77.0 Å². The molecule has 0 aromatic heterocycles. The van der Waals surface area contributed by atoms with Crippen LogP contribution in [0.25, 0.3) is 0 Å². The number of fused-ring (bicyclic) bond motifs is 3. The zero-order valence-corrected chi connectivity index (χ0v) is 7.38. The quantitative estimate of drug-likeness (QED) is 0.529. The van der Waals surface area contributed by atoms with E-state index in [4.69, 9.17) is 0 Å². The molecule has 0 aromatic carbocycles. The lowest BCUT2D eigenvalue weighted by molar-refractivity contribution is 0.374. The van der Waals surface area contributed by atoms with Gasteiger partial charge in [-0.3, -0.25) is 5.32 Å². The van der Waals surface area contributed by atoms with Crippen molar-refractivity contribution in [2.75, 3.05) is 26.3 Å². The average Bonchev–Trinajstić information content (AvgIpc) is 2.18. The van der Waals surface area contributed by atoms with E-state index in [2.05, 4.69) is 32.7 Å². The third-order valence-electron chi connectivity index (χ3n) is 2.57. The highest BCUT2D eigenvalue weighted by atomic mass is 15.3. The standard InChI is InChI=1S/C9H12N4/c1-2-7-5-13(3-1)8-4-10-6-11-9(8)12-7/h1-2,10-11H,3-6H2. The Morgan fingerprint density at radius 3 is 3.46 bits per heavy atom. The second-order valence-corrected chi connectivity index (χ2v) is 3.46. The van der Waals surface area contributed by atoms with Crippen molar-refractivity contribution in [3.63, 3.8) is 0 Å². The Hall–Kier alpha value is -1.29. The first-order valence-electron chi connectivity index (χ1n) is 4.60. The van der Waals surface area contributed by atoms with Crippen LogP contribution in [-0.4, -0.2) is 36.9 Å². The van der Waals surface area contributed by atoms with Crippen molar-refractivity contribution >= 4 is 5.71 Å². The Morgan fingerprint density at radius 1 is 1.46 bits per heavy atom. The van der Waals surface area contributed by atoms with Crippen LogP contribution < -0.4 is 10.6 Å². The van der Waals surface area contributed by atoms with E-state index in [9.17, 15) is 0 Å². The maximum Gasteiger partial charge on any atom is 0.148 e. The van der Waals surface area contributed by atoms with Gasteiger partial charge in [0.15, 0.2) is 0 Å². The molecule has 4 heteroatoms. The fraction of sp³-hybridized carbons (Fsp3) is 0.444. The van der Waals surface area contributed by atoms with Crippen molar-refractivity contribution in [1.82, 2.24) is 15.5 Å². The highest BCUT2D eigenvalue weighted by Gasteiger charge is 2.24. The molecule has 0 aromatic rings. The predicted molar refractivity (Wildman–Crippen MR) is 51.2 cm³/mol. The summed E-state index contributed by atoms with van der Waals surface area (Å²) in [5.41, 5.74) is 2.47. The molecular formula is C9H12N4. The molecule has 2 N–H and O–H groups in total. The molecule has 3 rings (SSSR count). The second-order valence-electron chi connectivity index (χ2n) is 3.46. The SMILES string of the molecule is C1=CC2=NC3=C(CNCN3)N(C1)C2. The third-order valence-corrected chi connectivity index (χ3v) is 2.57. The van der Waals surface area contributed by atoms with Crippen LogP contribution in [0.4, 0.5) is 0 Å². The Bertz CT molecular complexity index is 327. The first-order valence-corrected chi connectivity index (χ1v) is 4.60. The van der Waals surface area contributed by atoms with E-state index in [1.54, 1.807) is 0 Å². The van der Waals surface area contributed by atoms with Crippen molar-refractivity contribution in [3.05, 3.63) is 23.7 Å². The zero-order valence-electron chi connectivity index (χ0n) is 7.38. The molecule has 3 aliphatic heterocycles. The van der Waals surface area contributed by atoms with Crippen LogP contribution in [0.5, 0.6) is 0 Å². The fourth-order valence-corrected chi connectivity index (χ4v) is 1.93. The van der Waals surface area contributed by atoms with E-state index in [1.807, 2.05) is 0 Å². The minimum absolute atomic E-state index is 0.827. The second kappa shape index (κ2) is 2.60. The van der Waals surface area contributed by atoms with Gasteiger partial charge in [-0.05, 0) is 6.08 Å².